The average Bonchev–Trinajstić information content (AvgIpc) is 2.56. The summed E-state index contributed by atoms with van der Waals surface area (Å²) in [7, 11) is 0. The van der Waals surface area contributed by atoms with Crippen molar-refractivity contribution in [3.63, 3.8) is 0 Å². The molecule has 0 saturated heterocycles. The number of hydrogen-bond donors (Lipinski definition) is 1. The maximum absolute atomic E-state index is 12.0. The molecule has 0 aliphatic rings. The second-order valence-corrected chi connectivity index (χ2v) is 5.52. The maximum Gasteiger partial charge on any atom is 0.272 e. The van der Waals surface area contributed by atoms with Gasteiger partial charge in [0.05, 0.1) is 21.7 Å². The zero-order valence-electron chi connectivity index (χ0n) is 13.0. The Morgan fingerprint density at radius 2 is 2.00 bits per heavy atom. The number of carbonyl (C=O) groups excluding carboxylic acids is 1. The van der Waals surface area contributed by atoms with Crippen LogP contribution in [0.5, 0.6) is 0 Å². The molecule has 0 aliphatic heterocycles. The minimum Gasteiger partial charge on any atom is -0.267 e. The number of amides is 1. The van der Waals surface area contributed by atoms with E-state index in [1.807, 2.05) is 24.3 Å². The van der Waals surface area contributed by atoms with Crippen LogP contribution in [0.15, 0.2) is 47.6 Å². The van der Waals surface area contributed by atoms with E-state index >= 15 is 0 Å². The number of hydrogen-bond acceptors (Lipinski definition) is 4. The second-order valence-electron chi connectivity index (χ2n) is 5.11. The number of aryl methyl sites for hydroxylation is 1. The number of carbonyl (C=O) groups is 1. The molecule has 24 heavy (non-hydrogen) atoms. The predicted octanol–water partition coefficient (Wildman–Crippen LogP) is 3.96. The Hall–Kier alpha value is -2.73. The highest BCUT2D eigenvalue weighted by atomic mass is 35.5. The van der Waals surface area contributed by atoms with Crippen molar-refractivity contribution in [3.8, 4) is 0 Å². The molecule has 0 atom stereocenters. The summed E-state index contributed by atoms with van der Waals surface area (Å²) in [5.74, 6) is -0.534. The fourth-order valence-electron chi connectivity index (χ4n) is 2.09. The van der Waals surface area contributed by atoms with Gasteiger partial charge in [0, 0.05) is 12.1 Å². The summed E-state index contributed by atoms with van der Waals surface area (Å²) in [4.78, 5) is 22.1. The van der Waals surface area contributed by atoms with E-state index in [9.17, 15) is 14.9 Å². The minimum atomic E-state index is -0.575. The van der Waals surface area contributed by atoms with Crippen molar-refractivity contribution >= 4 is 29.4 Å². The average molecular weight is 346 g/mol. The summed E-state index contributed by atoms with van der Waals surface area (Å²) in [6, 6.07) is 11.5. The number of nitro groups is 1. The second kappa shape index (κ2) is 8.21. The van der Waals surface area contributed by atoms with Crippen LogP contribution < -0.4 is 5.43 Å². The van der Waals surface area contributed by atoms with E-state index in [0.717, 1.165) is 24.5 Å². The van der Waals surface area contributed by atoms with Crippen molar-refractivity contribution in [2.45, 2.75) is 19.8 Å². The van der Waals surface area contributed by atoms with Gasteiger partial charge in [-0.2, -0.15) is 5.10 Å². The normalized spacial score (nSPS) is 10.8. The van der Waals surface area contributed by atoms with Crippen LogP contribution in [0.3, 0.4) is 0 Å². The molecule has 6 nitrogen and oxygen atoms in total. The molecule has 0 saturated carbocycles. The molecule has 0 heterocycles. The molecule has 0 aromatic heterocycles. The topological polar surface area (TPSA) is 84.6 Å². The van der Waals surface area contributed by atoms with Crippen molar-refractivity contribution in [2.75, 3.05) is 0 Å². The number of nitrogens with zero attached hydrogens (tertiary/aromatic N) is 2. The molecule has 0 spiro atoms. The van der Waals surface area contributed by atoms with E-state index in [4.69, 9.17) is 11.6 Å². The summed E-state index contributed by atoms with van der Waals surface area (Å²) >= 11 is 5.89. The lowest BCUT2D eigenvalue weighted by molar-refractivity contribution is -0.384. The lowest BCUT2D eigenvalue weighted by Crippen LogP contribution is -2.18. The summed E-state index contributed by atoms with van der Waals surface area (Å²) in [6.07, 6.45) is 3.62. The Bertz CT molecular complexity index is 773. The van der Waals surface area contributed by atoms with E-state index < -0.39 is 10.8 Å². The molecular formula is C17H16ClN3O3. The first-order valence-electron chi connectivity index (χ1n) is 7.37. The van der Waals surface area contributed by atoms with E-state index in [1.54, 1.807) is 0 Å². The van der Waals surface area contributed by atoms with Gasteiger partial charge in [0.15, 0.2) is 0 Å². The van der Waals surface area contributed by atoms with Crippen molar-refractivity contribution in [3.05, 3.63) is 74.3 Å². The van der Waals surface area contributed by atoms with E-state index in [0.29, 0.717) is 0 Å². The Balaban J connectivity index is 2.01. The Labute approximate surface area is 144 Å². The van der Waals surface area contributed by atoms with Gasteiger partial charge < -0.3 is 0 Å². The largest absolute Gasteiger partial charge is 0.272 e. The number of benzene rings is 2. The van der Waals surface area contributed by atoms with Crippen LogP contribution in [0.4, 0.5) is 5.69 Å². The maximum atomic E-state index is 12.0. The zero-order chi connectivity index (χ0) is 17.5. The molecule has 7 heteroatoms. The molecule has 1 N–H and O–H groups in total. The van der Waals surface area contributed by atoms with Crippen molar-refractivity contribution in [1.82, 2.24) is 5.43 Å². The third-order valence-electron chi connectivity index (χ3n) is 3.31. The van der Waals surface area contributed by atoms with Gasteiger partial charge in [-0.15, -0.1) is 0 Å². The van der Waals surface area contributed by atoms with Crippen LogP contribution in [0, 0.1) is 10.1 Å². The molecule has 2 rings (SSSR count). The molecular weight excluding hydrogens is 330 g/mol. The summed E-state index contributed by atoms with van der Waals surface area (Å²) in [5.41, 5.74) is 4.40. The highest BCUT2D eigenvalue weighted by Crippen LogP contribution is 2.22. The number of rotatable bonds is 6. The van der Waals surface area contributed by atoms with Crippen LogP contribution in [-0.4, -0.2) is 17.0 Å². The monoisotopic (exact) mass is 345 g/mol. The first-order chi connectivity index (χ1) is 11.5. The third kappa shape index (κ3) is 4.63. The van der Waals surface area contributed by atoms with Crippen LogP contribution in [0.25, 0.3) is 0 Å². The molecule has 1 amide bonds. The molecule has 0 unspecified atom stereocenters. The predicted molar refractivity (Wildman–Crippen MR) is 93.6 cm³/mol. The number of hydrazone groups is 1. The van der Waals surface area contributed by atoms with Crippen LogP contribution >= 0.6 is 11.6 Å². The van der Waals surface area contributed by atoms with Gasteiger partial charge in [-0.25, -0.2) is 5.43 Å². The van der Waals surface area contributed by atoms with Gasteiger partial charge >= 0.3 is 0 Å². The molecule has 2 aromatic carbocycles. The number of non-ortho nitro benzene ring substituents is 1. The van der Waals surface area contributed by atoms with Crippen LogP contribution in [0.2, 0.25) is 5.02 Å². The third-order valence-corrected chi connectivity index (χ3v) is 3.62. The summed E-state index contributed by atoms with van der Waals surface area (Å²) in [6.45, 7) is 2.12. The standard InChI is InChI=1S/C17H16ClN3O3/c1-2-3-12-4-6-13(7-5-12)11-19-20-17(22)15-9-8-14(21(23)24)10-16(15)18/h4-11H,2-3H2,1H3,(H,20,22)/b19-11+. The summed E-state index contributed by atoms with van der Waals surface area (Å²) < 4.78 is 0. The highest BCUT2D eigenvalue weighted by Gasteiger charge is 2.14. The minimum absolute atomic E-state index is 0.000758. The van der Waals surface area contributed by atoms with E-state index in [2.05, 4.69) is 17.5 Å². The van der Waals surface area contributed by atoms with Crippen LogP contribution in [0.1, 0.15) is 34.8 Å². The fraction of sp³-hybridized carbons (Fsp3) is 0.176. The molecule has 124 valence electrons. The van der Waals surface area contributed by atoms with E-state index in [1.165, 1.54) is 23.9 Å². The first-order valence-corrected chi connectivity index (χ1v) is 7.75. The quantitative estimate of drug-likeness (QED) is 0.488. The Kier molecular flexibility index (Phi) is 6.03. The van der Waals surface area contributed by atoms with Gasteiger partial charge in [-0.05, 0) is 23.6 Å². The zero-order valence-corrected chi connectivity index (χ0v) is 13.8. The van der Waals surface area contributed by atoms with Crippen molar-refractivity contribution in [2.24, 2.45) is 5.10 Å². The van der Waals surface area contributed by atoms with Gasteiger partial charge in [0.1, 0.15) is 0 Å². The lowest BCUT2D eigenvalue weighted by atomic mass is 10.1. The van der Waals surface area contributed by atoms with Crippen LogP contribution in [-0.2, 0) is 6.42 Å². The molecule has 2 aromatic rings. The highest BCUT2D eigenvalue weighted by molar-refractivity contribution is 6.34. The van der Waals surface area contributed by atoms with Gasteiger partial charge in [0.2, 0.25) is 0 Å². The van der Waals surface area contributed by atoms with Gasteiger partial charge in [0.25, 0.3) is 11.6 Å². The van der Waals surface area contributed by atoms with Crippen molar-refractivity contribution in [1.29, 1.82) is 0 Å². The first kappa shape index (κ1) is 17.6. The Morgan fingerprint density at radius 1 is 1.29 bits per heavy atom. The molecule has 0 fully saturated rings. The smallest absolute Gasteiger partial charge is 0.267 e. The molecule has 0 aliphatic carbocycles. The number of nitro benzene ring substituents is 1. The van der Waals surface area contributed by atoms with E-state index in [-0.39, 0.29) is 16.3 Å². The fourth-order valence-corrected chi connectivity index (χ4v) is 2.35. The lowest BCUT2D eigenvalue weighted by Gasteiger charge is -2.03. The molecule has 0 radical (unpaired) electrons. The van der Waals surface area contributed by atoms with Gasteiger partial charge in [-0.3, -0.25) is 14.9 Å². The van der Waals surface area contributed by atoms with Gasteiger partial charge in [-0.1, -0.05) is 49.2 Å². The number of nitrogens with one attached hydrogen (secondary N) is 1. The van der Waals surface area contributed by atoms with Crippen molar-refractivity contribution < 1.29 is 9.72 Å². The SMILES string of the molecule is CCCc1ccc(/C=N/NC(=O)c2ccc([N+](=O)[O-])cc2Cl)cc1. The summed E-state index contributed by atoms with van der Waals surface area (Å²) in [5, 5.41) is 14.5. The molecule has 0 bridgehead atoms. The number of halogens is 1. The Morgan fingerprint density at radius 3 is 2.58 bits per heavy atom.